The average Bonchev–Trinajstić information content (AvgIpc) is 2.46. The lowest BCUT2D eigenvalue weighted by Gasteiger charge is -2.21. The molecule has 0 saturated carbocycles. The van der Waals surface area contributed by atoms with Gasteiger partial charge in [-0.15, -0.1) is 11.6 Å². The van der Waals surface area contributed by atoms with E-state index in [2.05, 4.69) is 6.07 Å². The third-order valence-corrected chi connectivity index (χ3v) is 3.22. The van der Waals surface area contributed by atoms with E-state index in [1.54, 1.807) is 42.3 Å². The number of nitriles is 1. The van der Waals surface area contributed by atoms with Crippen LogP contribution in [-0.2, 0) is 5.88 Å². The maximum atomic E-state index is 13.8. The second-order valence-electron chi connectivity index (χ2n) is 4.11. The summed E-state index contributed by atoms with van der Waals surface area (Å²) < 4.78 is 13.8. The molecule has 0 atom stereocenters. The largest absolute Gasteiger partial charge is 0.341 e. The Bertz CT molecular complexity index is 634. The van der Waals surface area contributed by atoms with Crippen molar-refractivity contribution in [2.75, 3.05) is 11.9 Å². The van der Waals surface area contributed by atoms with Crippen LogP contribution in [0.3, 0.4) is 0 Å². The first-order chi connectivity index (χ1) is 9.17. The molecule has 0 amide bonds. The van der Waals surface area contributed by atoms with E-state index in [1.165, 1.54) is 6.07 Å². The molecule has 0 N–H and O–H groups in total. The van der Waals surface area contributed by atoms with E-state index >= 15 is 0 Å². The Hall–Kier alpha value is -2.05. The van der Waals surface area contributed by atoms with Crippen LogP contribution in [0.4, 0.5) is 15.8 Å². The summed E-state index contributed by atoms with van der Waals surface area (Å²) in [5.41, 5.74) is 2.42. The summed E-state index contributed by atoms with van der Waals surface area (Å²) in [6, 6.07) is 13.9. The van der Waals surface area contributed by atoms with Crippen molar-refractivity contribution < 1.29 is 4.39 Å². The molecule has 0 aliphatic rings. The Labute approximate surface area is 116 Å². The first-order valence-electron chi connectivity index (χ1n) is 5.74. The molecule has 4 heteroatoms. The lowest BCUT2D eigenvalue weighted by molar-refractivity contribution is 0.627. The van der Waals surface area contributed by atoms with Crippen molar-refractivity contribution >= 4 is 23.0 Å². The van der Waals surface area contributed by atoms with Gasteiger partial charge < -0.3 is 4.90 Å². The zero-order valence-corrected chi connectivity index (χ0v) is 11.2. The molecule has 2 nitrogen and oxygen atoms in total. The van der Waals surface area contributed by atoms with Crippen LogP contribution in [0.1, 0.15) is 11.1 Å². The molecule has 0 bridgehead atoms. The zero-order valence-electron chi connectivity index (χ0n) is 10.4. The van der Waals surface area contributed by atoms with Crippen LogP contribution in [0.25, 0.3) is 0 Å². The van der Waals surface area contributed by atoms with Crippen LogP contribution >= 0.6 is 11.6 Å². The molecular weight excluding hydrogens is 263 g/mol. The maximum Gasteiger partial charge on any atom is 0.146 e. The van der Waals surface area contributed by atoms with Gasteiger partial charge >= 0.3 is 0 Å². The van der Waals surface area contributed by atoms with Gasteiger partial charge in [-0.2, -0.15) is 5.26 Å². The minimum atomic E-state index is -0.324. The van der Waals surface area contributed by atoms with Gasteiger partial charge in [0.15, 0.2) is 0 Å². The number of hydrogen-bond donors (Lipinski definition) is 0. The smallest absolute Gasteiger partial charge is 0.146 e. The van der Waals surface area contributed by atoms with Crippen molar-refractivity contribution in [1.29, 1.82) is 5.26 Å². The molecule has 0 saturated heterocycles. The van der Waals surface area contributed by atoms with Crippen molar-refractivity contribution in [3.63, 3.8) is 0 Å². The highest BCUT2D eigenvalue weighted by Gasteiger charge is 2.12. The topological polar surface area (TPSA) is 27.0 Å². The third kappa shape index (κ3) is 2.69. The first-order valence-corrected chi connectivity index (χ1v) is 6.28. The van der Waals surface area contributed by atoms with Gasteiger partial charge in [0.25, 0.3) is 0 Å². The maximum absolute atomic E-state index is 13.8. The molecule has 0 aliphatic carbocycles. The molecule has 2 rings (SSSR count). The standard InChI is InChI=1S/C15H12ClFN2/c1-19(15-5-3-2-4-13(15)17)14-7-6-11(9-16)8-12(14)10-18/h2-8H,9H2,1H3. The molecule has 0 unspecified atom stereocenters. The van der Waals surface area contributed by atoms with Crippen LogP contribution in [0, 0.1) is 17.1 Å². The molecule has 2 aromatic rings. The van der Waals surface area contributed by atoms with Gasteiger partial charge in [-0.1, -0.05) is 18.2 Å². The van der Waals surface area contributed by atoms with Gasteiger partial charge in [-0.3, -0.25) is 0 Å². The summed E-state index contributed by atoms with van der Waals surface area (Å²) >= 11 is 5.75. The zero-order chi connectivity index (χ0) is 13.8. The highest BCUT2D eigenvalue weighted by molar-refractivity contribution is 6.17. The van der Waals surface area contributed by atoms with E-state index in [1.807, 2.05) is 6.07 Å². The summed E-state index contributed by atoms with van der Waals surface area (Å²) in [6.45, 7) is 0. The Kier molecular flexibility index (Phi) is 4.03. The van der Waals surface area contributed by atoms with E-state index in [0.29, 0.717) is 22.8 Å². The number of benzene rings is 2. The second kappa shape index (κ2) is 5.73. The molecule has 0 aliphatic heterocycles. The van der Waals surface area contributed by atoms with Gasteiger partial charge in [-0.25, -0.2) is 4.39 Å². The molecule has 0 radical (unpaired) electrons. The lowest BCUT2D eigenvalue weighted by atomic mass is 10.1. The first kappa shape index (κ1) is 13.4. The predicted molar refractivity (Wildman–Crippen MR) is 75.2 cm³/mol. The number of nitrogens with zero attached hydrogens (tertiary/aromatic N) is 2. The highest BCUT2D eigenvalue weighted by Crippen LogP contribution is 2.29. The second-order valence-corrected chi connectivity index (χ2v) is 4.37. The van der Waals surface area contributed by atoms with Gasteiger partial charge in [0.2, 0.25) is 0 Å². The van der Waals surface area contributed by atoms with Crippen molar-refractivity contribution in [3.05, 3.63) is 59.4 Å². The third-order valence-electron chi connectivity index (χ3n) is 2.91. The van der Waals surface area contributed by atoms with Crippen LogP contribution in [0.2, 0.25) is 0 Å². The molecule has 0 fully saturated rings. The van der Waals surface area contributed by atoms with Gasteiger partial charge in [0.05, 0.1) is 16.9 Å². The summed E-state index contributed by atoms with van der Waals surface area (Å²) in [5.74, 6) is 0.0218. The van der Waals surface area contributed by atoms with Crippen molar-refractivity contribution in [2.24, 2.45) is 0 Å². The number of para-hydroxylation sites is 1. The summed E-state index contributed by atoms with van der Waals surface area (Å²) in [5, 5.41) is 9.19. The monoisotopic (exact) mass is 274 g/mol. The van der Waals surface area contributed by atoms with E-state index in [4.69, 9.17) is 11.6 Å². The van der Waals surface area contributed by atoms with E-state index in [0.717, 1.165) is 5.56 Å². The molecule has 2 aromatic carbocycles. The normalized spacial score (nSPS) is 10.0. The van der Waals surface area contributed by atoms with Gasteiger partial charge in [-0.05, 0) is 29.8 Å². The highest BCUT2D eigenvalue weighted by atomic mass is 35.5. The minimum absolute atomic E-state index is 0.324. The fourth-order valence-corrected chi connectivity index (χ4v) is 2.07. The summed E-state index contributed by atoms with van der Waals surface area (Å²) in [7, 11) is 1.73. The van der Waals surface area contributed by atoms with Gasteiger partial charge in [0.1, 0.15) is 11.9 Å². The predicted octanol–water partition coefficient (Wildman–Crippen LogP) is 4.20. The quantitative estimate of drug-likeness (QED) is 0.784. The Morgan fingerprint density at radius 3 is 2.58 bits per heavy atom. The van der Waals surface area contributed by atoms with E-state index in [-0.39, 0.29) is 5.82 Å². The molecule has 96 valence electrons. The molecule has 0 heterocycles. The van der Waals surface area contributed by atoms with Crippen LogP contribution in [0.15, 0.2) is 42.5 Å². The average molecular weight is 275 g/mol. The van der Waals surface area contributed by atoms with Crippen molar-refractivity contribution in [3.8, 4) is 6.07 Å². The molecule has 0 aromatic heterocycles. The minimum Gasteiger partial charge on any atom is -0.341 e. The fraction of sp³-hybridized carbons (Fsp3) is 0.133. The number of hydrogen-bond acceptors (Lipinski definition) is 2. The number of anilines is 2. The Morgan fingerprint density at radius 1 is 1.21 bits per heavy atom. The Balaban J connectivity index is 2.48. The summed E-state index contributed by atoms with van der Waals surface area (Å²) in [6.07, 6.45) is 0. The van der Waals surface area contributed by atoms with Crippen LogP contribution in [-0.4, -0.2) is 7.05 Å². The number of rotatable bonds is 3. The molecule has 0 spiro atoms. The van der Waals surface area contributed by atoms with E-state index in [9.17, 15) is 9.65 Å². The van der Waals surface area contributed by atoms with Crippen molar-refractivity contribution in [1.82, 2.24) is 0 Å². The van der Waals surface area contributed by atoms with Gasteiger partial charge in [0, 0.05) is 12.9 Å². The SMILES string of the molecule is CN(c1ccccc1F)c1ccc(CCl)cc1C#N. The van der Waals surface area contributed by atoms with Crippen molar-refractivity contribution in [2.45, 2.75) is 5.88 Å². The van der Waals surface area contributed by atoms with Crippen LogP contribution in [0.5, 0.6) is 0 Å². The lowest BCUT2D eigenvalue weighted by Crippen LogP contribution is -2.12. The van der Waals surface area contributed by atoms with E-state index < -0.39 is 0 Å². The Morgan fingerprint density at radius 2 is 1.95 bits per heavy atom. The number of alkyl halides is 1. The summed E-state index contributed by atoms with van der Waals surface area (Å²) in [4.78, 5) is 1.66. The fourth-order valence-electron chi connectivity index (χ4n) is 1.90. The molecular formula is C15H12ClFN2. The van der Waals surface area contributed by atoms with Crippen LogP contribution < -0.4 is 4.90 Å². The number of halogens is 2. The molecule has 19 heavy (non-hydrogen) atoms.